The summed E-state index contributed by atoms with van der Waals surface area (Å²) in [4.78, 5) is 13.4. The monoisotopic (exact) mass is 453 g/mol. The molecule has 0 atom stereocenters. The second-order valence-corrected chi connectivity index (χ2v) is 8.83. The Labute approximate surface area is 190 Å². The largest absolute Gasteiger partial charge is 0.347 e. The van der Waals surface area contributed by atoms with Crippen LogP contribution in [0.15, 0.2) is 41.8 Å². The lowest BCUT2D eigenvalue weighted by Crippen LogP contribution is -2.22. The Bertz CT molecular complexity index is 1240. The first-order chi connectivity index (χ1) is 14.8. The summed E-state index contributed by atoms with van der Waals surface area (Å²) in [5.41, 5.74) is 6.75. The molecule has 160 valence electrons. The molecule has 0 aliphatic heterocycles. The van der Waals surface area contributed by atoms with Crippen molar-refractivity contribution in [2.24, 2.45) is 0 Å². The Morgan fingerprint density at radius 3 is 2.48 bits per heavy atom. The maximum absolute atomic E-state index is 12.7. The zero-order valence-electron chi connectivity index (χ0n) is 17.9. The van der Waals surface area contributed by atoms with Crippen LogP contribution in [0.5, 0.6) is 0 Å². The van der Waals surface area contributed by atoms with Crippen molar-refractivity contribution in [3.8, 4) is 5.69 Å². The maximum atomic E-state index is 12.7. The Morgan fingerprint density at radius 1 is 1.06 bits per heavy atom. The minimum Gasteiger partial charge on any atom is -0.347 e. The van der Waals surface area contributed by atoms with Gasteiger partial charge in [0, 0.05) is 17.8 Å². The van der Waals surface area contributed by atoms with Gasteiger partial charge < -0.3 is 5.32 Å². The van der Waals surface area contributed by atoms with E-state index < -0.39 is 0 Å². The van der Waals surface area contributed by atoms with E-state index in [1.165, 1.54) is 11.3 Å². The number of nitrogens with zero attached hydrogens (tertiary/aromatic N) is 4. The number of rotatable bonds is 6. The van der Waals surface area contributed by atoms with Crippen LogP contribution in [0.1, 0.15) is 43.6 Å². The van der Waals surface area contributed by atoms with Gasteiger partial charge in [0.25, 0.3) is 5.91 Å². The van der Waals surface area contributed by atoms with E-state index in [9.17, 15) is 4.79 Å². The second-order valence-electron chi connectivity index (χ2n) is 7.54. The number of nitrogens with one attached hydrogen (secondary N) is 1. The number of benzene rings is 1. The zero-order valence-corrected chi connectivity index (χ0v) is 19.5. The number of hydrogen-bond donors (Lipinski definition) is 1. The molecule has 0 radical (unpaired) electrons. The van der Waals surface area contributed by atoms with E-state index >= 15 is 0 Å². The van der Waals surface area contributed by atoms with E-state index in [0.29, 0.717) is 23.0 Å². The van der Waals surface area contributed by atoms with E-state index in [-0.39, 0.29) is 5.91 Å². The van der Waals surface area contributed by atoms with Crippen LogP contribution in [0.3, 0.4) is 0 Å². The standard InChI is InChI=1S/C23H24ClN5OS/c1-14-20(16(3)29(27-14)19-8-6-5-7-9-19)11-25-23(30)21-10-18(13-31-21)12-28-17(4)22(24)15(2)26-28/h5-10,13H,11-12H2,1-4H3,(H,25,30). The van der Waals surface area contributed by atoms with E-state index in [0.717, 1.165) is 39.6 Å². The van der Waals surface area contributed by atoms with Gasteiger partial charge in [0.1, 0.15) is 0 Å². The van der Waals surface area contributed by atoms with E-state index in [1.54, 1.807) is 0 Å². The number of thiophene rings is 1. The highest BCUT2D eigenvalue weighted by Gasteiger charge is 2.16. The van der Waals surface area contributed by atoms with Gasteiger partial charge in [0.05, 0.1) is 39.2 Å². The van der Waals surface area contributed by atoms with Crippen molar-refractivity contribution in [3.63, 3.8) is 0 Å². The van der Waals surface area contributed by atoms with Crippen molar-refractivity contribution in [2.75, 3.05) is 0 Å². The summed E-state index contributed by atoms with van der Waals surface area (Å²) in [5, 5.41) is 14.8. The van der Waals surface area contributed by atoms with E-state index in [2.05, 4.69) is 15.5 Å². The predicted molar refractivity (Wildman–Crippen MR) is 124 cm³/mol. The molecule has 6 nitrogen and oxygen atoms in total. The number of halogens is 1. The summed E-state index contributed by atoms with van der Waals surface area (Å²) in [6.45, 7) is 8.85. The van der Waals surface area contributed by atoms with Gasteiger partial charge in [-0.1, -0.05) is 29.8 Å². The van der Waals surface area contributed by atoms with Crippen LogP contribution < -0.4 is 5.32 Å². The van der Waals surface area contributed by atoms with Crippen LogP contribution in [0.25, 0.3) is 5.69 Å². The zero-order chi connectivity index (χ0) is 22.1. The Hall–Kier alpha value is -2.90. The Kier molecular flexibility index (Phi) is 5.98. The number of hydrogen-bond acceptors (Lipinski definition) is 4. The number of aryl methyl sites for hydroxylation is 2. The van der Waals surface area contributed by atoms with Gasteiger partial charge in [-0.05, 0) is 56.8 Å². The Balaban J connectivity index is 1.44. The molecule has 0 fully saturated rings. The van der Waals surface area contributed by atoms with Crippen LogP contribution in [0.4, 0.5) is 0 Å². The third-order valence-corrected chi connectivity index (χ3v) is 6.90. The first kappa shape index (κ1) is 21.3. The van der Waals surface area contributed by atoms with Gasteiger partial charge in [-0.25, -0.2) is 4.68 Å². The summed E-state index contributed by atoms with van der Waals surface area (Å²) >= 11 is 7.67. The molecule has 1 aromatic carbocycles. The van der Waals surface area contributed by atoms with Crippen LogP contribution in [-0.2, 0) is 13.1 Å². The Morgan fingerprint density at radius 2 is 1.81 bits per heavy atom. The van der Waals surface area contributed by atoms with Crippen molar-refractivity contribution in [1.82, 2.24) is 24.9 Å². The molecule has 8 heteroatoms. The minimum atomic E-state index is -0.0890. The van der Waals surface area contributed by atoms with Crippen LogP contribution >= 0.6 is 22.9 Å². The molecule has 31 heavy (non-hydrogen) atoms. The fourth-order valence-electron chi connectivity index (χ4n) is 3.59. The van der Waals surface area contributed by atoms with E-state index in [1.807, 2.05) is 78.8 Å². The lowest BCUT2D eigenvalue weighted by atomic mass is 10.2. The van der Waals surface area contributed by atoms with Gasteiger partial charge in [-0.3, -0.25) is 9.48 Å². The molecule has 0 unspecified atom stereocenters. The summed E-state index contributed by atoms with van der Waals surface area (Å²) in [5.74, 6) is -0.0890. The fourth-order valence-corrected chi connectivity index (χ4v) is 4.54. The highest BCUT2D eigenvalue weighted by molar-refractivity contribution is 7.12. The van der Waals surface area contributed by atoms with Crippen LogP contribution in [0, 0.1) is 27.7 Å². The number of carbonyl (C=O) groups excluding carboxylic acids is 1. The lowest BCUT2D eigenvalue weighted by Gasteiger charge is -2.06. The molecule has 0 aliphatic rings. The number of amides is 1. The van der Waals surface area contributed by atoms with Gasteiger partial charge in [0.2, 0.25) is 0 Å². The third kappa shape index (κ3) is 4.29. The molecule has 0 aliphatic carbocycles. The van der Waals surface area contributed by atoms with Crippen molar-refractivity contribution in [1.29, 1.82) is 0 Å². The van der Waals surface area contributed by atoms with Crippen molar-refractivity contribution < 1.29 is 4.79 Å². The predicted octanol–water partition coefficient (Wildman–Crippen LogP) is 5.00. The topological polar surface area (TPSA) is 64.7 Å². The molecule has 4 rings (SSSR count). The SMILES string of the molecule is Cc1nn(Cc2csc(C(=O)NCc3c(C)nn(-c4ccccc4)c3C)c2)c(C)c1Cl. The molecule has 3 aromatic heterocycles. The molecule has 1 N–H and O–H groups in total. The van der Waals surface area contributed by atoms with E-state index in [4.69, 9.17) is 11.6 Å². The molecular formula is C23H24ClN5OS. The number of aromatic nitrogens is 4. The number of para-hydroxylation sites is 1. The molecular weight excluding hydrogens is 430 g/mol. The lowest BCUT2D eigenvalue weighted by molar-refractivity contribution is 0.0955. The normalized spacial score (nSPS) is 11.1. The van der Waals surface area contributed by atoms with Gasteiger partial charge in [-0.2, -0.15) is 10.2 Å². The molecule has 1 amide bonds. The molecule has 0 bridgehead atoms. The third-order valence-electron chi connectivity index (χ3n) is 5.37. The summed E-state index contributed by atoms with van der Waals surface area (Å²) in [7, 11) is 0. The van der Waals surface area contributed by atoms with Crippen molar-refractivity contribution in [3.05, 3.63) is 85.6 Å². The first-order valence-corrected chi connectivity index (χ1v) is 11.3. The summed E-state index contributed by atoms with van der Waals surface area (Å²) in [6, 6.07) is 11.9. The second kappa shape index (κ2) is 8.69. The highest BCUT2D eigenvalue weighted by Crippen LogP contribution is 2.22. The van der Waals surface area contributed by atoms with Gasteiger partial charge in [0.15, 0.2) is 0 Å². The molecule has 3 heterocycles. The molecule has 0 saturated heterocycles. The number of carbonyl (C=O) groups is 1. The summed E-state index contributed by atoms with van der Waals surface area (Å²) < 4.78 is 3.78. The summed E-state index contributed by atoms with van der Waals surface area (Å²) in [6.07, 6.45) is 0. The average molecular weight is 454 g/mol. The molecule has 4 aromatic rings. The minimum absolute atomic E-state index is 0.0890. The molecule has 0 saturated carbocycles. The van der Waals surface area contributed by atoms with Gasteiger partial charge in [-0.15, -0.1) is 11.3 Å². The van der Waals surface area contributed by atoms with Crippen LogP contribution in [-0.4, -0.2) is 25.5 Å². The quantitative estimate of drug-likeness (QED) is 0.447. The smallest absolute Gasteiger partial charge is 0.261 e. The average Bonchev–Trinajstić information content (AvgIpc) is 3.41. The highest BCUT2D eigenvalue weighted by atomic mass is 35.5. The fraction of sp³-hybridized carbons (Fsp3) is 0.261. The van der Waals surface area contributed by atoms with Crippen LogP contribution in [0.2, 0.25) is 5.02 Å². The van der Waals surface area contributed by atoms with Gasteiger partial charge >= 0.3 is 0 Å². The molecule has 0 spiro atoms. The first-order valence-electron chi connectivity index (χ1n) is 10.0. The van der Waals surface area contributed by atoms with Crippen molar-refractivity contribution in [2.45, 2.75) is 40.8 Å². The maximum Gasteiger partial charge on any atom is 0.261 e. The van der Waals surface area contributed by atoms with Crippen molar-refractivity contribution >= 4 is 28.8 Å².